The topological polar surface area (TPSA) is 37.8 Å². The van der Waals surface area contributed by atoms with E-state index in [0.717, 1.165) is 24.1 Å². The molecule has 0 saturated heterocycles. The molecule has 2 aliphatic rings. The first-order valence-electron chi connectivity index (χ1n) is 7.58. The van der Waals surface area contributed by atoms with Crippen molar-refractivity contribution in [2.75, 3.05) is 0 Å². The van der Waals surface area contributed by atoms with E-state index in [1.54, 1.807) is 6.07 Å². The van der Waals surface area contributed by atoms with E-state index in [9.17, 15) is 9.18 Å². The standard InChI is InChI=1S/C17H18ClFN2O/c1-16(2)10-6-7-17(16,3)14-13(10)15(22)21(20-14)12-5-4-9(19)8-11(12)18/h4-5,8,10,20H,6-7H2,1-3H3/t10?,17-/m0/s1. The van der Waals surface area contributed by atoms with E-state index in [-0.39, 0.29) is 27.3 Å². The van der Waals surface area contributed by atoms with Crippen LogP contribution in [0.1, 0.15) is 50.8 Å². The largest absolute Gasteiger partial charge is 0.294 e. The Bertz CT molecular complexity index is 851. The molecule has 1 aromatic carbocycles. The Kier molecular flexibility index (Phi) is 2.59. The summed E-state index contributed by atoms with van der Waals surface area (Å²) in [4.78, 5) is 12.9. The number of benzene rings is 1. The number of nitrogens with zero attached hydrogens (tertiary/aromatic N) is 1. The molecule has 2 aliphatic carbocycles. The van der Waals surface area contributed by atoms with Crippen molar-refractivity contribution in [1.29, 1.82) is 0 Å². The molecule has 1 fully saturated rings. The predicted octanol–water partition coefficient (Wildman–Crippen LogP) is 4.13. The van der Waals surface area contributed by atoms with E-state index in [1.807, 2.05) is 0 Å². The molecule has 116 valence electrons. The number of nitrogens with one attached hydrogen (secondary N) is 1. The minimum absolute atomic E-state index is 0.0239. The van der Waals surface area contributed by atoms with Crippen molar-refractivity contribution in [3.05, 3.63) is 50.7 Å². The summed E-state index contributed by atoms with van der Waals surface area (Å²) >= 11 is 6.12. The van der Waals surface area contributed by atoms with Crippen molar-refractivity contribution in [1.82, 2.24) is 9.78 Å². The molecule has 1 saturated carbocycles. The van der Waals surface area contributed by atoms with E-state index < -0.39 is 5.82 Å². The van der Waals surface area contributed by atoms with Gasteiger partial charge >= 0.3 is 0 Å². The maximum Gasteiger partial charge on any atom is 0.275 e. The van der Waals surface area contributed by atoms with Crippen LogP contribution in [-0.4, -0.2) is 9.78 Å². The van der Waals surface area contributed by atoms with Gasteiger partial charge < -0.3 is 0 Å². The highest BCUT2D eigenvalue weighted by Crippen LogP contribution is 2.66. The maximum atomic E-state index is 13.2. The van der Waals surface area contributed by atoms with Gasteiger partial charge in [0.05, 0.1) is 10.7 Å². The molecule has 2 aromatic rings. The van der Waals surface area contributed by atoms with Crippen LogP contribution in [0.25, 0.3) is 5.69 Å². The lowest BCUT2D eigenvalue weighted by Gasteiger charge is -2.34. The van der Waals surface area contributed by atoms with Crippen LogP contribution in [0.4, 0.5) is 4.39 Å². The number of H-pyrrole nitrogens is 1. The van der Waals surface area contributed by atoms with Crippen LogP contribution in [0.3, 0.4) is 0 Å². The molecular weight excluding hydrogens is 303 g/mol. The zero-order chi connectivity index (χ0) is 15.9. The van der Waals surface area contributed by atoms with Crippen molar-refractivity contribution in [2.45, 2.75) is 44.9 Å². The Morgan fingerprint density at radius 2 is 2.09 bits per heavy atom. The summed E-state index contributed by atoms with van der Waals surface area (Å²) in [6.07, 6.45) is 2.12. The van der Waals surface area contributed by atoms with Gasteiger partial charge in [-0.05, 0) is 42.4 Å². The van der Waals surface area contributed by atoms with Crippen molar-refractivity contribution in [3.63, 3.8) is 0 Å². The fraction of sp³-hybridized carbons (Fsp3) is 0.471. The van der Waals surface area contributed by atoms with Gasteiger partial charge in [-0.2, -0.15) is 0 Å². The first-order chi connectivity index (χ1) is 10.3. The van der Waals surface area contributed by atoms with Crippen LogP contribution in [0.2, 0.25) is 5.02 Å². The first-order valence-corrected chi connectivity index (χ1v) is 7.96. The van der Waals surface area contributed by atoms with Crippen molar-refractivity contribution >= 4 is 11.6 Å². The van der Waals surface area contributed by atoms with E-state index in [0.29, 0.717) is 5.69 Å². The van der Waals surface area contributed by atoms with Gasteiger partial charge in [-0.1, -0.05) is 32.4 Å². The summed E-state index contributed by atoms with van der Waals surface area (Å²) in [6, 6.07) is 4.09. The summed E-state index contributed by atoms with van der Waals surface area (Å²) in [7, 11) is 0. The van der Waals surface area contributed by atoms with Crippen LogP contribution in [0.15, 0.2) is 23.0 Å². The number of aromatic nitrogens is 2. The fourth-order valence-electron chi connectivity index (χ4n) is 4.48. The van der Waals surface area contributed by atoms with Crippen molar-refractivity contribution in [2.24, 2.45) is 5.41 Å². The van der Waals surface area contributed by atoms with Gasteiger partial charge in [-0.15, -0.1) is 0 Å². The van der Waals surface area contributed by atoms with Gasteiger partial charge in [-0.3, -0.25) is 9.89 Å². The zero-order valence-electron chi connectivity index (χ0n) is 12.8. The van der Waals surface area contributed by atoms with Crippen molar-refractivity contribution < 1.29 is 4.39 Å². The second-order valence-corrected chi connectivity index (χ2v) is 7.69. The molecule has 0 amide bonds. The summed E-state index contributed by atoms with van der Waals surface area (Å²) in [5, 5.41) is 3.50. The highest BCUT2D eigenvalue weighted by atomic mass is 35.5. The second kappa shape index (κ2) is 4.05. The highest BCUT2D eigenvalue weighted by Gasteiger charge is 2.61. The first kappa shape index (κ1) is 14.1. The molecule has 22 heavy (non-hydrogen) atoms. The van der Waals surface area contributed by atoms with Crippen molar-refractivity contribution in [3.8, 4) is 5.69 Å². The van der Waals surface area contributed by atoms with Gasteiger partial charge in [-0.25, -0.2) is 9.07 Å². The molecule has 3 nitrogen and oxygen atoms in total. The molecule has 0 aliphatic heterocycles. The van der Waals surface area contributed by atoms with Crippen LogP contribution < -0.4 is 5.56 Å². The van der Waals surface area contributed by atoms with Crippen LogP contribution >= 0.6 is 11.6 Å². The van der Waals surface area contributed by atoms with E-state index in [2.05, 4.69) is 25.9 Å². The van der Waals surface area contributed by atoms with Gasteiger partial charge in [0, 0.05) is 16.7 Å². The third kappa shape index (κ3) is 1.44. The SMILES string of the molecule is CC1(C)C2CC[C@@]1(C)c1[nH]n(-c3ccc(F)cc3Cl)c(=O)c12. The average molecular weight is 321 g/mol. The smallest absolute Gasteiger partial charge is 0.275 e. The summed E-state index contributed by atoms with van der Waals surface area (Å²) in [5.41, 5.74) is 2.43. The minimum Gasteiger partial charge on any atom is -0.294 e. The van der Waals surface area contributed by atoms with Gasteiger partial charge in [0.1, 0.15) is 5.82 Å². The molecule has 0 spiro atoms. The number of aromatic amines is 1. The Balaban J connectivity index is 1.96. The van der Waals surface area contributed by atoms with Crippen LogP contribution in [-0.2, 0) is 5.41 Å². The zero-order valence-corrected chi connectivity index (χ0v) is 13.6. The summed E-state index contributed by atoms with van der Waals surface area (Å²) in [5.74, 6) is -0.134. The molecule has 1 aromatic heterocycles. The molecule has 1 heterocycles. The van der Waals surface area contributed by atoms with E-state index >= 15 is 0 Å². The Morgan fingerprint density at radius 3 is 2.73 bits per heavy atom. The van der Waals surface area contributed by atoms with E-state index in [1.165, 1.54) is 16.8 Å². The normalized spacial score (nSPS) is 28.1. The summed E-state index contributed by atoms with van der Waals surface area (Å²) < 4.78 is 14.7. The predicted molar refractivity (Wildman–Crippen MR) is 84.5 cm³/mol. The lowest BCUT2D eigenvalue weighted by Crippen LogP contribution is -2.33. The number of hydrogen-bond donors (Lipinski definition) is 1. The Hall–Kier alpha value is -1.55. The molecule has 5 heteroatoms. The highest BCUT2D eigenvalue weighted by molar-refractivity contribution is 6.32. The number of halogens is 2. The quantitative estimate of drug-likeness (QED) is 0.842. The maximum absolute atomic E-state index is 13.2. The lowest BCUT2D eigenvalue weighted by atomic mass is 9.70. The molecule has 2 atom stereocenters. The summed E-state index contributed by atoms with van der Waals surface area (Å²) in [6.45, 7) is 6.71. The molecular formula is C17H18ClFN2O. The van der Waals surface area contributed by atoms with Gasteiger partial charge in [0.25, 0.3) is 5.56 Å². The Labute approximate surface area is 133 Å². The minimum atomic E-state index is -0.408. The van der Waals surface area contributed by atoms with E-state index in [4.69, 9.17) is 11.6 Å². The monoisotopic (exact) mass is 320 g/mol. The average Bonchev–Trinajstić information content (AvgIpc) is 2.94. The molecule has 4 rings (SSSR count). The molecule has 0 radical (unpaired) electrons. The number of fused-ring (bicyclic) bond motifs is 5. The van der Waals surface area contributed by atoms with Crippen LogP contribution in [0.5, 0.6) is 0 Å². The molecule has 1 unspecified atom stereocenters. The molecule has 2 bridgehead atoms. The number of rotatable bonds is 1. The second-order valence-electron chi connectivity index (χ2n) is 7.28. The third-order valence-electron chi connectivity index (χ3n) is 6.20. The Morgan fingerprint density at radius 1 is 1.36 bits per heavy atom. The fourth-order valence-corrected chi connectivity index (χ4v) is 4.73. The van der Waals surface area contributed by atoms with Gasteiger partial charge in [0.15, 0.2) is 0 Å². The lowest BCUT2D eigenvalue weighted by molar-refractivity contribution is 0.224. The third-order valence-corrected chi connectivity index (χ3v) is 6.51. The molecule has 1 N–H and O–H groups in total. The van der Waals surface area contributed by atoms with Gasteiger partial charge in [0.2, 0.25) is 0 Å². The number of hydrogen-bond acceptors (Lipinski definition) is 1. The van der Waals surface area contributed by atoms with Crippen LogP contribution in [0, 0.1) is 11.2 Å².